The quantitative estimate of drug-likeness (QED) is 0.566. The zero-order chi connectivity index (χ0) is 7.56. The zero-order valence-electron chi connectivity index (χ0n) is 6.05. The Hall–Kier alpha value is -1.32. The normalized spacial score (nSPS) is 9.40. The van der Waals surface area contributed by atoms with Gasteiger partial charge in [0.1, 0.15) is 0 Å². The maximum Gasteiger partial charge on any atom is 0.240 e. The van der Waals surface area contributed by atoms with Crippen molar-refractivity contribution in [3.05, 3.63) is 23.6 Å². The molecule has 0 unspecified atom stereocenters. The van der Waals surface area contributed by atoms with Gasteiger partial charge < -0.3 is 5.43 Å². The van der Waals surface area contributed by atoms with Crippen LogP contribution in [0.3, 0.4) is 0 Å². The van der Waals surface area contributed by atoms with Crippen LogP contribution in [0.4, 0.5) is 0 Å². The van der Waals surface area contributed by atoms with Crippen LogP contribution in [0.15, 0.2) is 12.4 Å². The average Bonchev–Trinajstić information content (AvgIpc) is 1.94. The number of nitrogens with one attached hydrogen (secondary N) is 2. The molecular formula is C6H10N4. The molecular weight excluding hydrogens is 128 g/mol. The van der Waals surface area contributed by atoms with Gasteiger partial charge in [0.05, 0.1) is 0 Å². The van der Waals surface area contributed by atoms with Crippen LogP contribution in [0.25, 0.3) is 0 Å². The van der Waals surface area contributed by atoms with Crippen LogP contribution >= 0.6 is 0 Å². The third-order valence-corrected chi connectivity index (χ3v) is 1.19. The van der Waals surface area contributed by atoms with Gasteiger partial charge in [-0.25, -0.2) is 9.66 Å². The summed E-state index contributed by atoms with van der Waals surface area (Å²) in [5.74, 6) is 0. The minimum absolute atomic E-state index is 0.216. The number of aryl methyl sites for hydroxylation is 1. The van der Waals surface area contributed by atoms with E-state index in [0.29, 0.717) is 0 Å². The third-order valence-electron chi connectivity index (χ3n) is 1.19. The molecule has 4 nitrogen and oxygen atoms in total. The predicted molar refractivity (Wildman–Crippen MR) is 38.1 cm³/mol. The van der Waals surface area contributed by atoms with Crippen molar-refractivity contribution in [2.75, 3.05) is 12.5 Å². The molecule has 0 spiro atoms. The van der Waals surface area contributed by atoms with E-state index >= 15 is 0 Å². The maximum atomic E-state index is 7.26. The first-order chi connectivity index (χ1) is 4.74. The molecule has 0 amide bonds. The highest BCUT2D eigenvalue weighted by atomic mass is 15.4. The van der Waals surface area contributed by atoms with E-state index in [1.807, 2.05) is 13.1 Å². The Morgan fingerprint density at radius 3 is 2.90 bits per heavy atom. The summed E-state index contributed by atoms with van der Waals surface area (Å²) in [6.07, 6.45) is 3.48. The molecule has 0 fully saturated rings. The summed E-state index contributed by atoms with van der Waals surface area (Å²) in [4.78, 5) is 3.82. The van der Waals surface area contributed by atoms with Crippen LogP contribution in [0.2, 0.25) is 0 Å². The highest BCUT2D eigenvalue weighted by Gasteiger charge is 1.88. The molecule has 4 heteroatoms. The zero-order valence-corrected chi connectivity index (χ0v) is 6.05. The van der Waals surface area contributed by atoms with E-state index in [-0.39, 0.29) is 5.62 Å². The molecule has 0 saturated heterocycles. The molecule has 0 aliphatic rings. The summed E-state index contributed by atoms with van der Waals surface area (Å²) >= 11 is 0. The molecule has 2 N–H and O–H groups in total. The lowest BCUT2D eigenvalue weighted by Crippen LogP contribution is -2.28. The molecule has 0 radical (unpaired) electrons. The van der Waals surface area contributed by atoms with Gasteiger partial charge in [-0.1, -0.05) is 0 Å². The van der Waals surface area contributed by atoms with Crippen LogP contribution in [0, 0.1) is 12.3 Å². The maximum absolute atomic E-state index is 7.26. The molecule has 10 heavy (non-hydrogen) atoms. The number of nitrogens with zero attached hydrogens (tertiary/aromatic N) is 2. The topological polar surface area (TPSA) is 53.7 Å². The van der Waals surface area contributed by atoms with Gasteiger partial charge in [0.25, 0.3) is 0 Å². The molecule has 0 aliphatic heterocycles. The van der Waals surface area contributed by atoms with Crippen molar-refractivity contribution < 1.29 is 0 Å². The Bertz CT molecular complexity index is 275. The fraction of sp³-hybridized carbons (Fsp3) is 0.333. The molecule has 0 aromatic carbocycles. The fourth-order valence-corrected chi connectivity index (χ4v) is 0.694. The van der Waals surface area contributed by atoms with Crippen molar-refractivity contribution in [1.82, 2.24) is 9.66 Å². The highest BCUT2D eigenvalue weighted by molar-refractivity contribution is 4.99. The van der Waals surface area contributed by atoms with Crippen molar-refractivity contribution in [2.24, 2.45) is 0 Å². The van der Waals surface area contributed by atoms with Gasteiger partial charge in [-0.15, -0.1) is 0 Å². The highest BCUT2D eigenvalue weighted by Crippen LogP contribution is 1.85. The summed E-state index contributed by atoms with van der Waals surface area (Å²) in [5.41, 5.74) is 4.05. The van der Waals surface area contributed by atoms with Gasteiger partial charge in [0, 0.05) is 19.4 Å². The molecule has 54 valence electrons. The monoisotopic (exact) mass is 138 g/mol. The molecule has 1 heterocycles. The van der Waals surface area contributed by atoms with Gasteiger partial charge in [-0.3, -0.25) is 5.41 Å². The number of hydrogen-bond donors (Lipinski definition) is 2. The van der Waals surface area contributed by atoms with Gasteiger partial charge in [-0.2, -0.15) is 0 Å². The van der Waals surface area contributed by atoms with E-state index in [0.717, 1.165) is 5.56 Å². The largest absolute Gasteiger partial charge is 0.326 e. The second kappa shape index (κ2) is 2.51. The molecule has 0 atom stereocenters. The molecule has 0 aliphatic carbocycles. The lowest BCUT2D eigenvalue weighted by atomic mass is 10.4. The van der Waals surface area contributed by atoms with Crippen molar-refractivity contribution in [2.45, 2.75) is 6.92 Å². The number of hydrogen-bond acceptors (Lipinski definition) is 3. The van der Waals surface area contributed by atoms with E-state index in [1.54, 1.807) is 17.9 Å². The summed E-state index contributed by atoms with van der Waals surface area (Å²) in [6, 6.07) is 0. The standard InChI is InChI=1S/C6H10N4/c1-5-3-9-6(7)10(4-5)8-2/h3-4,7-8H,1-2H3. The van der Waals surface area contributed by atoms with Gasteiger partial charge >= 0.3 is 0 Å². The van der Waals surface area contributed by atoms with E-state index in [4.69, 9.17) is 5.41 Å². The fourth-order valence-electron chi connectivity index (χ4n) is 0.694. The summed E-state index contributed by atoms with van der Waals surface area (Å²) in [7, 11) is 1.75. The molecule has 0 saturated carbocycles. The molecule has 1 rings (SSSR count). The van der Waals surface area contributed by atoms with Crippen LogP contribution in [0.1, 0.15) is 5.56 Å². The third kappa shape index (κ3) is 1.15. The first kappa shape index (κ1) is 6.80. The first-order valence-corrected chi connectivity index (χ1v) is 3.01. The minimum atomic E-state index is 0.216. The predicted octanol–water partition coefficient (Wildman–Crippen LogP) is -0.156. The second-order valence-corrected chi connectivity index (χ2v) is 2.05. The second-order valence-electron chi connectivity index (χ2n) is 2.05. The summed E-state index contributed by atoms with van der Waals surface area (Å²) in [6.45, 7) is 1.93. The number of aromatic nitrogens is 2. The lowest BCUT2D eigenvalue weighted by molar-refractivity contribution is 0.767. The average molecular weight is 138 g/mol. The Balaban J connectivity index is 3.22. The summed E-state index contributed by atoms with van der Waals surface area (Å²) in [5, 5.41) is 7.26. The SMILES string of the molecule is CNn1cc(C)cnc1=N. The summed E-state index contributed by atoms with van der Waals surface area (Å²) < 4.78 is 1.55. The minimum Gasteiger partial charge on any atom is -0.326 e. The van der Waals surface area contributed by atoms with Crippen molar-refractivity contribution in [3.8, 4) is 0 Å². The van der Waals surface area contributed by atoms with Crippen LogP contribution in [-0.4, -0.2) is 16.7 Å². The molecule has 0 bridgehead atoms. The van der Waals surface area contributed by atoms with Crippen molar-refractivity contribution >= 4 is 0 Å². The van der Waals surface area contributed by atoms with Crippen LogP contribution < -0.4 is 11.0 Å². The van der Waals surface area contributed by atoms with Crippen LogP contribution in [-0.2, 0) is 0 Å². The Morgan fingerprint density at radius 1 is 1.70 bits per heavy atom. The Kier molecular flexibility index (Phi) is 1.71. The van der Waals surface area contributed by atoms with Gasteiger partial charge in [0.2, 0.25) is 5.62 Å². The smallest absolute Gasteiger partial charge is 0.240 e. The van der Waals surface area contributed by atoms with Crippen molar-refractivity contribution in [1.29, 1.82) is 5.41 Å². The van der Waals surface area contributed by atoms with Gasteiger partial charge in [0.15, 0.2) is 0 Å². The van der Waals surface area contributed by atoms with Gasteiger partial charge in [-0.05, 0) is 12.5 Å². The van der Waals surface area contributed by atoms with Crippen LogP contribution in [0.5, 0.6) is 0 Å². The van der Waals surface area contributed by atoms with E-state index in [2.05, 4.69) is 10.4 Å². The van der Waals surface area contributed by atoms with Crippen molar-refractivity contribution in [3.63, 3.8) is 0 Å². The van der Waals surface area contributed by atoms with E-state index in [1.165, 1.54) is 0 Å². The lowest BCUT2D eigenvalue weighted by Gasteiger charge is -2.03. The Morgan fingerprint density at radius 2 is 2.40 bits per heavy atom. The first-order valence-electron chi connectivity index (χ1n) is 3.01. The molecule has 1 aromatic heterocycles. The number of rotatable bonds is 1. The van der Waals surface area contributed by atoms with E-state index in [9.17, 15) is 0 Å². The Labute approximate surface area is 59.0 Å². The van der Waals surface area contributed by atoms with E-state index < -0.39 is 0 Å². The molecule has 1 aromatic rings.